The molecule has 0 aromatic carbocycles. The summed E-state index contributed by atoms with van der Waals surface area (Å²) < 4.78 is 21.8. The van der Waals surface area contributed by atoms with E-state index < -0.39 is 41.9 Å². The number of rotatable bonds is 10. The van der Waals surface area contributed by atoms with Crippen LogP contribution in [0.15, 0.2) is 0 Å². The van der Waals surface area contributed by atoms with Gasteiger partial charge in [0.1, 0.15) is 16.7 Å². The summed E-state index contributed by atoms with van der Waals surface area (Å²) in [5.74, 6) is 0. The molecule has 0 fully saturated rings. The van der Waals surface area contributed by atoms with E-state index in [9.17, 15) is 0 Å². The van der Waals surface area contributed by atoms with E-state index in [1.807, 2.05) is 0 Å². The summed E-state index contributed by atoms with van der Waals surface area (Å²) >= 11 is 35.6. The Morgan fingerprint density at radius 3 is 1.00 bits per heavy atom. The Morgan fingerprint density at radius 2 is 0.857 bits per heavy atom. The lowest BCUT2D eigenvalue weighted by atomic mass is 10.5. The molecule has 0 aliphatic carbocycles. The van der Waals surface area contributed by atoms with Crippen LogP contribution in [0.4, 0.5) is 0 Å². The van der Waals surface area contributed by atoms with Gasteiger partial charge in [0.05, 0.1) is 16.1 Å². The number of hydrogen-bond donors (Lipinski definition) is 0. The molecular weight excluding hydrogens is 425 g/mol. The fourth-order valence-corrected chi connectivity index (χ4v) is 4.21. The van der Waals surface area contributed by atoms with E-state index in [1.54, 1.807) is 20.8 Å². The molecule has 11 heteroatoms. The van der Waals surface area contributed by atoms with Gasteiger partial charge < -0.3 is 17.7 Å². The highest BCUT2D eigenvalue weighted by Gasteiger charge is 2.52. The van der Waals surface area contributed by atoms with Crippen LogP contribution in [-0.2, 0) is 17.7 Å². The second-order valence-corrected chi connectivity index (χ2v) is 9.61. The van der Waals surface area contributed by atoms with Crippen molar-refractivity contribution in [1.29, 1.82) is 0 Å². The van der Waals surface area contributed by atoms with Crippen molar-refractivity contribution in [2.45, 2.75) is 53.6 Å². The van der Waals surface area contributed by atoms with Gasteiger partial charge in [-0.05, 0) is 20.8 Å². The van der Waals surface area contributed by atoms with Gasteiger partial charge in [-0.15, -0.1) is 34.8 Å². The minimum Gasteiger partial charge on any atom is -0.354 e. The molecule has 0 radical (unpaired) electrons. The number of alkyl halides is 6. The minimum atomic E-state index is -3.80. The van der Waals surface area contributed by atoms with E-state index in [0.29, 0.717) is 0 Å². The lowest BCUT2D eigenvalue weighted by Gasteiger charge is -2.33. The molecule has 0 aliphatic heterocycles. The molecule has 0 spiro atoms. The van der Waals surface area contributed by atoms with Crippen molar-refractivity contribution in [3.05, 3.63) is 0 Å². The lowest BCUT2D eigenvalue weighted by molar-refractivity contribution is -0.0434. The lowest BCUT2D eigenvalue weighted by Crippen LogP contribution is -2.55. The highest BCUT2D eigenvalue weighted by molar-refractivity contribution is 6.56. The first-order valence-corrected chi connectivity index (χ1v) is 10.2. The molecule has 0 aromatic rings. The maximum absolute atomic E-state index is 5.99. The van der Waals surface area contributed by atoms with E-state index in [2.05, 4.69) is 0 Å². The molecule has 0 N–H and O–H groups in total. The van der Waals surface area contributed by atoms with Crippen LogP contribution in [0.5, 0.6) is 0 Å². The van der Waals surface area contributed by atoms with Crippen molar-refractivity contribution in [3.8, 4) is 0 Å². The van der Waals surface area contributed by atoms with Gasteiger partial charge in [0, 0.05) is 7.11 Å². The Bertz CT molecular complexity index is 256. The van der Waals surface area contributed by atoms with E-state index in [-0.39, 0.29) is 0 Å². The first kappa shape index (κ1) is 22.8. The van der Waals surface area contributed by atoms with Crippen molar-refractivity contribution in [1.82, 2.24) is 0 Å². The second-order valence-electron chi connectivity index (χ2n) is 4.14. The standard InChI is InChI=1S/C10H18Cl6O4Si/c1-5(11)8(14)18-21(17-4,19-9(15)6(2)12)20-10(16)7(3)13/h5-10H,1-4H3. The van der Waals surface area contributed by atoms with Crippen LogP contribution >= 0.6 is 69.6 Å². The monoisotopic (exact) mass is 440 g/mol. The van der Waals surface area contributed by atoms with Gasteiger partial charge in [-0.25, -0.2) is 0 Å². The largest absolute Gasteiger partial charge is 0.683 e. The molecule has 0 heterocycles. The third kappa shape index (κ3) is 8.45. The molecule has 0 saturated carbocycles. The molecule has 0 aromatic heterocycles. The fraction of sp³-hybridized carbons (Fsp3) is 1.00. The Labute approximate surface area is 156 Å². The zero-order chi connectivity index (χ0) is 16.8. The van der Waals surface area contributed by atoms with Crippen LogP contribution in [0.2, 0.25) is 0 Å². The SMILES string of the molecule is CO[Si](OC(Cl)C(C)Cl)(OC(Cl)C(C)Cl)OC(Cl)C(C)Cl. The van der Waals surface area contributed by atoms with Crippen LogP contribution in [-0.4, -0.2) is 49.0 Å². The Balaban J connectivity index is 5.17. The van der Waals surface area contributed by atoms with Gasteiger partial charge in [-0.1, -0.05) is 34.8 Å². The number of halogens is 6. The molecule has 6 unspecified atom stereocenters. The van der Waals surface area contributed by atoms with Gasteiger partial charge in [-0.2, -0.15) is 0 Å². The molecular formula is C10H18Cl6O4Si. The minimum absolute atomic E-state index is 0.537. The van der Waals surface area contributed by atoms with Gasteiger partial charge in [0.15, 0.2) is 0 Å². The molecule has 21 heavy (non-hydrogen) atoms. The van der Waals surface area contributed by atoms with E-state index in [0.717, 1.165) is 0 Å². The van der Waals surface area contributed by atoms with E-state index in [1.165, 1.54) is 7.11 Å². The first-order chi connectivity index (χ1) is 9.54. The zero-order valence-corrected chi connectivity index (χ0v) is 17.4. The Kier molecular flexibility index (Phi) is 11.5. The maximum atomic E-state index is 5.99. The van der Waals surface area contributed by atoms with Crippen LogP contribution in [0.1, 0.15) is 20.8 Å². The second kappa shape index (κ2) is 10.6. The first-order valence-electron chi connectivity index (χ1n) is 5.97. The van der Waals surface area contributed by atoms with Gasteiger partial charge >= 0.3 is 9.05 Å². The summed E-state index contributed by atoms with van der Waals surface area (Å²) in [6.07, 6.45) is 0. The van der Waals surface area contributed by atoms with Crippen LogP contribution < -0.4 is 0 Å². The molecule has 0 amide bonds. The van der Waals surface area contributed by atoms with Crippen LogP contribution in [0, 0.1) is 0 Å². The summed E-state index contributed by atoms with van der Waals surface area (Å²) in [4.78, 5) is 0. The predicted octanol–water partition coefficient (Wildman–Crippen LogP) is 4.69. The Morgan fingerprint density at radius 1 is 0.619 bits per heavy atom. The third-order valence-electron chi connectivity index (χ3n) is 2.10. The van der Waals surface area contributed by atoms with Crippen molar-refractivity contribution in [2.75, 3.05) is 7.11 Å². The molecule has 0 bridgehead atoms. The van der Waals surface area contributed by atoms with Crippen molar-refractivity contribution < 1.29 is 17.7 Å². The summed E-state index contributed by atoms with van der Waals surface area (Å²) in [5.41, 5.74) is -2.83. The summed E-state index contributed by atoms with van der Waals surface area (Å²) in [7, 11) is -2.48. The van der Waals surface area contributed by atoms with E-state index >= 15 is 0 Å². The predicted molar refractivity (Wildman–Crippen MR) is 90.9 cm³/mol. The quantitative estimate of drug-likeness (QED) is 0.363. The summed E-state index contributed by atoms with van der Waals surface area (Å²) in [6.45, 7) is 4.91. The van der Waals surface area contributed by atoms with Gasteiger partial charge in [-0.3, -0.25) is 0 Å². The van der Waals surface area contributed by atoms with Gasteiger partial charge in [0.25, 0.3) is 0 Å². The highest BCUT2D eigenvalue weighted by Crippen LogP contribution is 2.28. The molecule has 0 rings (SSSR count). The van der Waals surface area contributed by atoms with E-state index in [4.69, 9.17) is 87.3 Å². The Hall–Kier alpha value is 1.80. The fourth-order valence-electron chi connectivity index (χ4n) is 0.923. The maximum Gasteiger partial charge on any atom is 0.683 e. The zero-order valence-electron chi connectivity index (χ0n) is 11.9. The topological polar surface area (TPSA) is 36.9 Å². The molecule has 0 saturated heterocycles. The smallest absolute Gasteiger partial charge is 0.354 e. The van der Waals surface area contributed by atoms with Crippen LogP contribution in [0.25, 0.3) is 0 Å². The molecule has 0 aliphatic rings. The average molecular weight is 443 g/mol. The molecule has 128 valence electrons. The van der Waals surface area contributed by atoms with Crippen LogP contribution in [0.3, 0.4) is 0 Å². The van der Waals surface area contributed by atoms with Gasteiger partial charge in [0.2, 0.25) is 0 Å². The summed E-state index contributed by atoms with van der Waals surface area (Å²) in [5, 5.41) is -1.61. The molecule has 4 nitrogen and oxygen atoms in total. The van der Waals surface area contributed by atoms with Crippen molar-refractivity contribution in [2.24, 2.45) is 0 Å². The van der Waals surface area contributed by atoms with Crippen molar-refractivity contribution >= 4 is 78.7 Å². The highest BCUT2D eigenvalue weighted by atomic mass is 35.5. The normalized spacial score (nSPS) is 23.7. The average Bonchev–Trinajstić information content (AvgIpc) is 2.37. The summed E-state index contributed by atoms with van der Waals surface area (Å²) in [6, 6.07) is 0. The van der Waals surface area contributed by atoms with Crippen molar-refractivity contribution in [3.63, 3.8) is 0 Å². The third-order valence-corrected chi connectivity index (χ3v) is 7.15. The number of hydrogen-bond acceptors (Lipinski definition) is 4. The molecule has 6 atom stereocenters.